The standard InChI is InChI=1S/C10H8O6S2.2H2O.Sr/c11-17(12,13)9-3-1-7-2-4-10(18(14,15)16)6-8(7)5-9;;;/h1-6H,(H,11,12,13)(H,14,15,16);2*1H2;/q;;;+2/p-2. The molecular weight excluding hydrogens is 400 g/mol. The summed E-state index contributed by atoms with van der Waals surface area (Å²) in [7, 11) is -9.24. The Kier molecular flexibility index (Phi) is 8.80. The van der Waals surface area contributed by atoms with E-state index in [1.165, 1.54) is 12.1 Å². The van der Waals surface area contributed by atoms with Crippen LogP contribution < -0.4 is 0 Å². The molecule has 0 aromatic heterocycles. The van der Waals surface area contributed by atoms with Gasteiger partial charge in [-0.25, -0.2) is 16.8 Å². The zero-order chi connectivity index (χ0) is 13.6. The fourth-order valence-corrected chi connectivity index (χ4v) is 2.53. The molecule has 0 unspecified atom stereocenters. The maximum absolute atomic E-state index is 10.8. The number of rotatable bonds is 2. The van der Waals surface area contributed by atoms with Gasteiger partial charge in [-0.2, -0.15) is 0 Å². The fourth-order valence-electron chi connectivity index (χ4n) is 1.51. The molecule has 0 aliphatic carbocycles. The normalized spacial score (nSPS) is 11.0. The Balaban J connectivity index is 0. The van der Waals surface area contributed by atoms with Crippen molar-refractivity contribution >= 4 is 76.5 Å². The van der Waals surface area contributed by atoms with Crippen molar-refractivity contribution in [1.82, 2.24) is 0 Å². The zero-order valence-electron chi connectivity index (χ0n) is 10.4. The second-order valence-corrected chi connectivity index (χ2v) is 6.34. The van der Waals surface area contributed by atoms with E-state index in [4.69, 9.17) is 0 Å². The van der Waals surface area contributed by atoms with Crippen LogP contribution in [0.4, 0.5) is 0 Å². The van der Waals surface area contributed by atoms with Crippen molar-refractivity contribution in [2.75, 3.05) is 0 Å². The zero-order valence-corrected chi connectivity index (χ0v) is 15.5. The van der Waals surface area contributed by atoms with E-state index in [2.05, 4.69) is 0 Å². The van der Waals surface area contributed by atoms with E-state index in [1.54, 1.807) is 0 Å². The van der Waals surface area contributed by atoms with E-state index in [1.807, 2.05) is 0 Å². The molecule has 21 heavy (non-hydrogen) atoms. The molecule has 0 aliphatic rings. The van der Waals surface area contributed by atoms with E-state index in [-0.39, 0.29) is 61.8 Å². The molecule has 0 saturated heterocycles. The summed E-state index contributed by atoms with van der Waals surface area (Å²) in [6, 6.07) is 7.04. The smallest absolute Gasteiger partial charge is 0.744 e. The minimum absolute atomic E-state index is 0. The molecule has 0 amide bonds. The van der Waals surface area contributed by atoms with Gasteiger partial charge >= 0.3 is 45.5 Å². The average molecular weight is 410 g/mol. The Morgan fingerprint density at radius 3 is 1.29 bits per heavy atom. The Morgan fingerprint density at radius 2 is 1.00 bits per heavy atom. The first-order valence-electron chi connectivity index (χ1n) is 4.63. The van der Waals surface area contributed by atoms with Crippen LogP contribution in [0.25, 0.3) is 10.8 Å². The summed E-state index contributed by atoms with van der Waals surface area (Å²) in [5, 5.41) is 0.721. The number of benzene rings is 2. The third-order valence-corrected chi connectivity index (χ3v) is 4.02. The number of fused-ring (bicyclic) bond motifs is 1. The fraction of sp³-hybridized carbons (Fsp3) is 0. The summed E-state index contributed by atoms with van der Waals surface area (Å²) in [5.41, 5.74) is 0. The first-order valence-corrected chi connectivity index (χ1v) is 7.45. The maximum Gasteiger partial charge on any atom is 2.00 e. The van der Waals surface area contributed by atoms with Crippen molar-refractivity contribution < 1.29 is 36.9 Å². The van der Waals surface area contributed by atoms with Crippen molar-refractivity contribution in [3.05, 3.63) is 36.4 Å². The van der Waals surface area contributed by atoms with Gasteiger partial charge in [-0.1, -0.05) is 12.1 Å². The molecule has 4 N–H and O–H groups in total. The second kappa shape index (κ2) is 7.97. The van der Waals surface area contributed by atoms with Gasteiger partial charge in [-0.3, -0.25) is 0 Å². The van der Waals surface area contributed by atoms with Gasteiger partial charge in [0.2, 0.25) is 0 Å². The van der Waals surface area contributed by atoms with Crippen molar-refractivity contribution in [3.63, 3.8) is 0 Å². The third-order valence-electron chi connectivity index (χ3n) is 2.36. The summed E-state index contributed by atoms with van der Waals surface area (Å²) in [6.07, 6.45) is 0. The molecule has 2 aromatic rings. The van der Waals surface area contributed by atoms with Gasteiger partial charge in [0.05, 0.1) is 9.79 Å². The predicted octanol–water partition coefficient (Wildman–Crippen LogP) is -1.38. The van der Waals surface area contributed by atoms with Gasteiger partial charge < -0.3 is 20.1 Å². The van der Waals surface area contributed by atoms with Gasteiger partial charge in [-0.15, -0.1) is 0 Å². The van der Waals surface area contributed by atoms with Gasteiger partial charge in [0.25, 0.3) is 0 Å². The summed E-state index contributed by atoms with van der Waals surface area (Å²) < 4.78 is 64.9. The third kappa shape index (κ3) is 5.56. The molecule has 0 atom stereocenters. The Labute approximate surface area is 158 Å². The van der Waals surface area contributed by atoms with Crippen LogP contribution in [0.2, 0.25) is 0 Å². The van der Waals surface area contributed by atoms with E-state index in [0.717, 1.165) is 24.3 Å². The van der Waals surface area contributed by atoms with Gasteiger partial charge in [-0.05, 0) is 35.0 Å². The first kappa shape index (κ1) is 23.2. The molecule has 0 radical (unpaired) electrons. The summed E-state index contributed by atoms with van der Waals surface area (Å²) in [5.74, 6) is 0. The van der Waals surface area contributed by atoms with Crippen LogP contribution in [-0.2, 0) is 20.2 Å². The molecular formula is C10H10O8S2Sr. The van der Waals surface area contributed by atoms with E-state index in [0.29, 0.717) is 5.39 Å². The van der Waals surface area contributed by atoms with Crippen LogP contribution >= 0.6 is 0 Å². The summed E-state index contributed by atoms with van der Waals surface area (Å²) >= 11 is 0. The SMILES string of the molecule is O.O.O=S(=O)([O-])c1ccc2ccc(S(=O)(=O)[O-])cc2c1.[Sr+2]. The van der Waals surface area contributed by atoms with Crippen LogP contribution in [0.15, 0.2) is 46.2 Å². The van der Waals surface area contributed by atoms with Crippen molar-refractivity contribution in [3.8, 4) is 0 Å². The van der Waals surface area contributed by atoms with Crippen molar-refractivity contribution in [2.24, 2.45) is 0 Å². The topological polar surface area (TPSA) is 177 Å². The number of hydrogen-bond donors (Lipinski definition) is 0. The number of hydrogen-bond acceptors (Lipinski definition) is 6. The average Bonchev–Trinajstić information content (AvgIpc) is 2.25. The molecule has 0 spiro atoms. The van der Waals surface area contributed by atoms with Crippen LogP contribution in [0.3, 0.4) is 0 Å². The molecule has 0 aliphatic heterocycles. The molecule has 2 aromatic carbocycles. The Morgan fingerprint density at radius 1 is 0.667 bits per heavy atom. The van der Waals surface area contributed by atoms with Gasteiger partial charge in [0.1, 0.15) is 20.2 Å². The monoisotopic (exact) mass is 410 g/mol. The summed E-state index contributed by atoms with van der Waals surface area (Å²) in [4.78, 5) is -0.953. The van der Waals surface area contributed by atoms with Crippen LogP contribution in [-0.4, -0.2) is 82.4 Å². The largest absolute Gasteiger partial charge is 2.00 e. The molecule has 0 bridgehead atoms. The van der Waals surface area contributed by atoms with Crippen molar-refractivity contribution in [1.29, 1.82) is 0 Å². The molecule has 0 fully saturated rings. The second-order valence-electron chi connectivity index (χ2n) is 3.58. The Hall–Kier alpha value is -0.0795. The van der Waals surface area contributed by atoms with E-state index >= 15 is 0 Å². The van der Waals surface area contributed by atoms with E-state index in [9.17, 15) is 25.9 Å². The minimum atomic E-state index is -4.62. The molecule has 112 valence electrons. The van der Waals surface area contributed by atoms with Crippen LogP contribution in [0.5, 0.6) is 0 Å². The Bertz CT molecular complexity index is 763. The van der Waals surface area contributed by atoms with Gasteiger partial charge in [0, 0.05) is 0 Å². The molecule has 0 heterocycles. The van der Waals surface area contributed by atoms with Gasteiger partial charge in [0.15, 0.2) is 0 Å². The maximum atomic E-state index is 10.8. The van der Waals surface area contributed by atoms with Crippen LogP contribution in [0, 0.1) is 0 Å². The van der Waals surface area contributed by atoms with Crippen LogP contribution in [0.1, 0.15) is 0 Å². The van der Waals surface area contributed by atoms with E-state index < -0.39 is 30.0 Å². The van der Waals surface area contributed by atoms with Crippen molar-refractivity contribution in [2.45, 2.75) is 9.79 Å². The molecule has 2 rings (SSSR count). The minimum Gasteiger partial charge on any atom is -0.744 e. The first-order chi connectivity index (χ1) is 8.18. The molecule has 8 nitrogen and oxygen atoms in total. The predicted molar refractivity (Wildman–Crippen MR) is 72.9 cm³/mol. The quantitative estimate of drug-likeness (QED) is 0.435. The molecule has 11 heteroatoms. The molecule has 0 saturated carbocycles. The summed E-state index contributed by atoms with van der Waals surface area (Å²) in [6.45, 7) is 0.